The fraction of sp³-hybridized carbons (Fsp3) is 0.500. The van der Waals surface area contributed by atoms with Crippen molar-refractivity contribution in [3.8, 4) is 0 Å². The Balaban J connectivity index is 3.47. The lowest BCUT2D eigenvalue weighted by molar-refractivity contribution is -0.139. The Morgan fingerprint density at radius 1 is 1.33 bits per heavy atom. The van der Waals surface area contributed by atoms with Crippen molar-refractivity contribution in [1.29, 1.82) is 0 Å². The smallest absolute Gasteiger partial charge is 0.407 e. The second-order valence-electron chi connectivity index (χ2n) is 3.33. The molecule has 0 atom stereocenters. The number of carbonyl (C=O) groups excluding carboxylic acids is 2. The highest BCUT2D eigenvalue weighted by molar-refractivity contribution is 5.72. The van der Waals surface area contributed by atoms with Gasteiger partial charge in [0.05, 0.1) is 18.4 Å². The van der Waals surface area contributed by atoms with Gasteiger partial charge in [0.2, 0.25) is 0 Å². The molecule has 0 aromatic carbocycles. The lowest BCUT2D eigenvalue weighted by Gasteiger charge is -2.06. The minimum atomic E-state index is -0.595. The van der Waals surface area contributed by atoms with Crippen LogP contribution in [0.5, 0.6) is 0 Å². The molecular formula is C12H19NO5. The third-order valence-electron chi connectivity index (χ3n) is 1.55. The Labute approximate surface area is 107 Å². The Hall–Kier alpha value is -1.98. The quantitative estimate of drug-likeness (QED) is 0.407. The van der Waals surface area contributed by atoms with Crippen LogP contribution in [0.3, 0.4) is 0 Å². The zero-order chi connectivity index (χ0) is 13.8. The number of hydrogen-bond donors (Lipinski definition) is 1. The van der Waals surface area contributed by atoms with Crippen molar-refractivity contribution in [2.75, 3.05) is 19.8 Å². The molecule has 0 aliphatic rings. The van der Waals surface area contributed by atoms with Crippen molar-refractivity contribution in [3.05, 3.63) is 24.7 Å². The van der Waals surface area contributed by atoms with E-state index in [9.17, 15) is 9.59 Å². The molecule has 0 unspecified atom stereocenters. The van der Waals surface area contributed by atoms with Gasteiger partial charge in [-0.15, -0.1) is 0 Å². The van der Waals surface area contributed by atoms with Crippen molar-refractivity contribution >= 4 is 12.1 Å². The topological polar surface area (TPSA) is 73.9 Å². The molecule has 6 nitrogen and oxygen atoms in total. The van der Waals surface area contributed by atoms with Gasteiger partial charge in [-0.1, -0.05) is 12.7 Å². The van der Waals surface area contributed by atoms with E-state index in [1.165, 1.54) is 6.26 Å². The second kappa shape index (κ2) is 10.2. The van der Waals surface area contributed by atoms with E-state index in [1.807, 2.05) is 6.92 Å². The summed E-state index contributed by atoms with van der Waals surface area (Å²) in [5.74, 6) is -0.122. The van der Waals surface area contributed by atoms with Gasteiger partial charge in [-0.25, -0.2) is 4.79 Å². The monoisotopic (exact) mass is 257 g/mol. The van der Waals surface area contributed by atoms with Crippen LogP contribution in [0.2, 0.25) is 0 Å². The van der Waals surface area contributed by atoms with Gasteiger partial charge in [-0.3, -0.25) is 4.79 Å². The summed E-state index contributed by atoms with van der Waals surface area (Å²) in [6, 6.07) is 0. The fourth-order valence-corrected chi connectivity index (χ4v) is 0.910. The Bertz CT molecular complexity index is 312. The van der Waals surface area contributed by atoms with Gasteiger partial charge in [0.15, 0.2) is 0 Å². The van der Waals surface area contributed by atoms with Crippen LogP contribution in [0.4, 0.5) is 4.79 Å². The summed E-state index contributed by atoms with van der Waals surface area (Å²) in [6.45, 7) is 7.41. The predicted octanol–water partition coefficient (Wildman–Crippen LogP) is 1.73. The second-order valence-corrected chi connectivity index (χ2v) is 3.33. The third kappa shape index (κ3) is 10.5. The summed E-state index contributed by atoms with van der Waals surface area (Å²) in [5.41, 5.74) is 0. The minimum absolute atomic E-state index is 0.0665. The molecule has 0 aliphatic heterocycles. The highest BCUT2D eigenvalue weighted by Crippen LogP contribution is 1.94. The van der Waals surface area contributed by atoms with E-state index in [2.05, 4.69) is 11.9 Å². The standard InChI is InChI=1S/C12H19NO5/c1-4-7-16-8-9-17-12(15)13-6-5-11(14)18-10(2)3/h4,7H,2,5-6,8-9H2,1,3H3,(H,13,15). The lowest BCUT2D eigenvalue weighted by atomic mass is 10.4. The van der Waals surface area contributed by atoms with E-state index >= 15 is 0 Å². The largest absolute Gasteiger partial charge is 0.498 e. The summed E-state index contributed by atoms with van der Waals surface area (Å²) in [5, 5.41) is 2.41. The van der Waals surface area contributed by atoms with Crippen LogP contribution < -0.4 is 5.32 Å². The molecule has 0 saturated heterocycles. The molecule has 0 spiro atoms. The molecule has 0 radical (unpaired) electrons. The van der Waals surface area contributed by atoms with Crippen LogP contribution in [0.15, 0.2) is 24.7 Å². The SMILES string of the molecule is C=C(C)OC(=O)CCNC(=O)OCCOC=CC. The average molecular weight is 257 g/mol. The first-order valence-electron chi connectivity index (χ1n) is 5.56. The van der Waals surface area contributed by atoms with E-state index in [-0.39, 0.29) is 26.2 Å². The number of hydrogen-bond acceptors (Lipinski definition) is 5. The van der Waals surface area contributed by atoms with Gasteiger partial charge in [0.1, 0.15) is 13.2 Å². The van der Waals surface area contributed by atoms with Gasteiger partial charge in [-0.2, -0.15) is 0 Å². The zero-order valence-electron chi connectivity index (χ0n) is 10.7. The zero-order valence-corrected chi connectivity index (χ0v) is 10.7. The molecule has 102 valence electrons. The van der Waals surface area contributed by atoms with Crippen LogP contribution in [-0.2, 0) is 19.0 Å². The van der Waals surface area contributed by atoms with Crippen molar-refractivity contribution in [2.45, 2.75) is 20.3 Å². The molecule has 0 aliphatic carbocycles. The number of alkyl carbamates (subject to hydrolysis) is 1. The van der Waals surface area contributed by atoms with Gasteiger partial charge in [0.25, 0.3) is 0 Å². The van der Waals surface area contributed by atoms with Crippen LogP contribution in [-0.4, -0.2) is 31.8 Å². The first kappa shape index (κ1) is 16.0. The highest BCUT2D eigenvalue weighted by Gasteiger charge is 2.05. The molecule has 0 bridgehead atoms. The number of allylic oxidation sites excluding steroid dienone is 2. The summed E-state index contributed by atoms with van der Waals surface area (Å²) in [6.07, 6.45) is 2.71. The first-order chi connectivity index (χ1) is 8.56. The molecule has 1 amide bonds. The highest BCUT2D eigenvalue weighted by atomic mass is 16.6. The maximum atomic E-state index is 11.1. The average Bonchev–Trinajstić information content (AvgIpc) is 2.27. The molecule has 0 aromatic heterocycles. The number of carbonyl (C=O) groups is 2. The molecular weight excluding hydrogens is 238 g/mol. The first-order valence-corrected chi connectivity index (χ1v) is 5.56. The summed E-state index contributed by atoms with van der Waals surface area (Å²) >= 11 is 0. The van der Waals surface area contributed by atoms with Crippen LogP contribution in [0.1, 0.15) is 20.3 Å². The lowest BCUT2D eigenvalue weighted by Crippen LogP contribution is -2.28. The van der Waals surface area contributed by atoms with Gasteiger partial charge in [-0.05, 0) is 13.8 Å². The Morgan fingerprint density at radius 2 is 2.06 bits per heavy atom. The number of esters is 1. The number of amides is 1. The number of nitrogens with one attached hydrogen (secondary N) is 1. The Morgan fingerprint density at radius 3 is 2.67 bits per heavy atom. The minimum Gasteiger partial charge on any atom is -0.498 e. The van der Waals surface area contributed by atoms with E-state index in [4.69, 9.17) is 14.2 Å². The fourth-order valence-electron chi connectivity index (χ4n) is 0.910. The van der Waals surface area contributed by atoms with Crippen molar-refractivity contribution in [1.82, 2.24) is 5.32 Å². The molecule has 1 N–H and O–H groups in total. The van der Waals surface area contributed by atoms with Crippen molar-refractivity contribution in [2.24, 2.45) is 0 Å². The third-order valence-corrected chi connectivity index (χ3v) is 1.55. The van der Waals surface area contributed by atoms with Crippen LogP contribution in [0.25, 0.3) is 0 Å². The van der Waals surface area contributed by atoms with Gasteiger partial charge < -0.3 is 19.5 Å². The summed E-state index contributed by atoms with van der Waals surface area (Å²) in [4.78, 5) is 22.2. The van der Waals surface area contributed by atoms with E-state index < -0.39 is 12.1 Å². The van der Waals surface area contributed by atoms with Gasteiger partial charge >= 0.3 is 12.1 Å². The molecule has 0 aromatic rings. The van der Waals surface area contributed by atoms with E-state index in [1.54, 1.807) is 13.0 Å². The number of rotatable bonds is 8. The predicted molar refractivity (Wildman–Crippen MR) is 65.6 cm³/mol. The van der Waals surface area contributed by atoms with E-state index in [0.717, 1.165) is 0 Å². The normalized spacial score (nSPS) is 9.89. The maximum Gasteiger partial charge on any atom is 0.407 e. The number of ether oxygens (including phenoxy) is 3. The summed E-state index contributed by atoms with van der Waals surface area (Å²) < 4.78 is 14.4. The molecule has 0 saturated carbocycles. The molecule has 0 rings (SSSR count). The summed E-state index contributed by atoms with van der Waals surface area (Å²) in [7, 11) is 0. The van der Waals surface area contributed by atoms with Crippen molar-refractivity contribution in [3.63, 3.8) is 0 Å². The Kier molecular flexibility index (Phi) is 9.07. The van der Waals surface area contributed by atoms with Crippen LogP contribution in [0, 0.1) is 0 Å². The van der Waals surface area contributed by atoms with Crippen LogP contribution >= 0.6 is 0 Å². The van der Waals surface area contributed by atoms with Crippen molar-refractivity contribution < 1.29 is 23.8 Å². The molecule has 18 heavy (non-hydrogen) atoms. The molecule has 0 fully saturated rings. The van der Waals surface area contributed by atoms with E-state index in [0.29, 0.717) is 5.76 Å². The molecule has 0 heterocycles. The maximum absolute atomic E-state index is 11.1. The van der Waals surface area contributed by atoms with Gasteiger partial charge in [0, 0.05) is 6.54 Å². The molecule has 6 heteroatoms.